The number of rotatable bonds is 5. The number of hydrazine groups is 1. The molecule has 0 fully saturated rings. The molecule has 2 aromatic rings. The lowest BCUT2D eigenvalue weighted by Crippen LogP contribution is -2.37. The van der Waals surface area contributed by atoms with Gasteiger partial charge in [0, 0.05) is 11.3 Å². The van der Waals surface area contributed by atoms with Crippen molar-refractivity contribution in [3.8, 4) is 0 Å². The SMILES string of the molecule is COC(=O)c1ccc(C(=O)NNC(C)=C2C(=O)N(c3ccc(C)c(C)c3)N=C2C)cc1. The van der Waals surface area contributed by atoms with Gasteiger partial charge in [0.15, 0.2) is 0 Å². The summed E-state index contributed by atoms with van der Waals surface area (Å²) in [6, 6.07) is 11.7. The lowest BCUT2D eigenvalue weighted by molar-refractivity contribution is -0.114. The van der Waals surface area contributed by atoms with Gasteiger partial charge in [-0.05, 0) is 75.2 Å². The number of anilines is 1. The van der Waals surface area contributed by atoms with Gasteiger partial charge < -0.3 is 10.2 Å². The van der Waals surface area contributed by atoms with Gasteiger partial charge in [0.05, 0.1) is 29.6 Å². The highest BCUT2D eigenvalue weighted by atomic mass is 16.5. The molecule has 0 unspecified atom stereocenters. The Labute approximate surface area is 180 Å². The molecular formula is C23H24N4O4. The quantitative estimate of drug-likeness (QED) is 0.440. The summed E-state index contributed by atoms with van der Waals surface area (Å²) in [5, 5.41) is 5.74. The highest BCUT2D eigenvalue weighted by Gasteiger charge is 2.31. The predicted octanol–water partition coefficient (Wildman–Crippen LogP) is 3.02. The van der Waals surface area contributed by atoms with Crippen LogP contribution in [0.25, 0.3) is 0 Å². The van der Waals surface area contributed by atoms with Crippen molar-refractivity contribution in [1.29, 1.82) is 0 Å². The van der Waals surface area contributed by atoms with E-state index in [0.29, 0.717) is 33.8 Å². The van der Waals surface area contributed by atoms with Gasteiger partial charge in [-0.25, -0.2) is 4.79 Å². The minimum absolute atomic E-state index is 0.276. The maximum atomic E-state index is 13.0. The highest BCUT2D eigenvalue weighted by Crippen LogP contribution is 2.26. The van der Waals surface area contributed by atoms with Gasteiger partial charge in [0.1, 0.15) is 0 Å². The molecule has 2 amide bonds. The molecule has 160 valence electrons. The number of hydrazone groups is 1. The first-order valence-corrected chi connectivity index (χ1v) is 9.65. The van der Waals surface area contributed by atoms with Crippen molar-refractivity contribution < 1.29 is 19.1 Å². The van der Waals surface area contributed by atoms with Crippen LogP contribution < -0.4 is 15.9 Å². The normalized spacial score (nSPS) is 14.8. The van der Waals surface area contributed by atoms with E-state index in [1.807, 2.05) is 32.0 Å². The molecule has 1 aliphatic rings. The molecule has 0 aromatic heterocycles. The van der Waals surface area contributed by atoms with Crippen molar-refractivity contribution in [1.82, 2.24) is 10.9 Å². The fourth-order valence-electron chi connectivity index (χ4n) is 3.13. The molecule has 0 saturated heterocycles. The van der Waals surface area contributed by atoms with E-state index in [1.165, 1.54) is 36.4 Å². The van der Waals surface area contributed by atoms with Gasteiger partial charge in [0.2, 0.25) is 0 Å². The summed E-state index contributed by atoms with van der Waals surface area (Å²) in [7, 11) is 1.29. The molecular weight excluding hydrogens is 396 g/mol. The number of carbonyl (C=O) groups excluding carboxylic acids is 3. The molecule has 2 N–H and O–H groups in total. The molecule has 2 aromatic carbocycles. The first-order valence-electron chi connectivity index (χ1n) is 9.65. The fraction of sp³-hybridized carbons (Fsp3) is 0.217. The van der Waals surface area contributed by atoms with Gasteiger partial charge in [-0.1, -0.05) is 6.07 Å². The maximum Gasteiger partial charge on any atom is 0.337 e. The molecule has 3 rings (SSSR count). The fourth-order valence-corrected chi connectivity index (χ4v) is 3.13. The summed E-state index contributed by atoms with van der Waals surface area (Å²) >= 11 is 0. The number of allylic oxidation sites excluding steroid dienone is 1. The Kier molecular flexibility index (Phi) is 6.20. The molecule has 31 heavy (non-hydrogen) atoms. The molecule has 1 heterocycles. The van der Waals surface area contributed by atoms with E-state index < -0.39 is 11.9 Å². The number of ether oxygens (including phenoxy) is 1. The van der Waals surface area contributed by atoms with Gasteiger partial charge in [-0.3, -0.25) is 15.0 Å². The number of esters is 1. The van der Waals surface area contributed by atoms with Crippen LogP contribution in [0.1, 0.15) is 45.7 Å². The summed E-state index contributed by atoms with van der Waals surface area (Å²) in [6.07, 6.45) is 0. The maximum absolute atomic E-state index is 13.0. The van der Waals surface area contributed by atoms with E-state index in [2.05, 4.69) is 20.7 Å². The molecule has 0 saturated carbocycles. The molecule has 0 bridgehead atoms. The summed E-state index contributed by atoms with van der Waals surface area (Å²) in [5.41, 5.74) is 10.3. The topological polar surface area (TPSA) is 100 Å². The van der Waals surface area contributed by atoms with E-state index in [4.69, 9.17) is 0 Å². The zero-order chi connectivity index (χ0) is 22.7. The third-order valence-corrected chi connectivity index (χ3v) is 5.06. The second kappa shape index (κ2) is 8.83. The monoisotopic (exact) mass is 420 g/mol. The van der Waals surface area contributed by atoms with Crippen molar-refractivity contribution in [3.63, 3.8) is 0 Å². The highest BCUT2D eigenvalue weighted by molar-refractivity contribution is 6.30. The number of amides is 2. The average molecular weight is 420 g/mol. The summed E-state index contributed by atoms with van der Waals surface area (Å²) in [4.78, 5) is 36.8. The Morgan fingerprint density at radius 2 is 1.58 bits per heavy atom. The number of benzene rings is 2. The molecule has 8 nitrogen and oxygen atoms in total. The van der Waals surface area contributed by atoms with Crippen LogP contribution in [0.2, 0.25) is 0 Å². The number of carbonyl (C=O) groups is 3. The van der Waals surface area contributed by atoms with Crippen LogP contribution in [0.15, 0.2) is 58.8 Å². The Hall–Kier alpha value is -3.94. The van der Waals surface area contributed by atoms with Crippen LogP contribution in [-0.4, -0.2) is 30.6 Å². The standard InChI is InChI=1S/C23H24N4O4/c1-13-6-11-19(12-14(13)2)27-22(29)20(16(4)26-27)15(3)24-25-21(28)17-7-9-18(10-8-17)23(30)31-5/h6-12,24H,1-5H3,(H,25,28). The van der Waals surface area contributed by atoms with Crippen molar-refractivity contribution in [2.45, 2.75) is 27.7 Å². The third kappa shape index (κ3) is 4.48. The Morgan fingerprint density at radius 1 is 0.935 bits per heavy atom. The lowest BCUT2D eigenvalue weighted by Gasteiger charge is -2.15. The number of methoxy groups -OCH3 is 1. The predicted molar refractivity (Wildman–Crippen MR) is 118 cm³/mol. The summed E-state index contributed by atoms with van der Waals surface area (Å²) in [5.74, 6) is -1.17. The molecule has 8 heteroatoms. The second-order valence-corrected chi connectivity index (χ2v) is 7.22. The van der Waals surface area contributed by atoms with E-state index in [1.54, 1.807) is 13.8 Å². The number of nitrogens with one attached hydrogen (secondary N) is 2. The van der Waals surface area contributed by atoms with E-state index in [-0.39, 0.29) is 5.91 Å². The minimum Gasteiger partial charge on any atom is -0.465 e. The van der Waals surface area contributed by atoms with E-state index in [0.717, 1.165) is 11.1 Å². The van der Waals surface area contributed by atoms with Crippen LogP contribution >= 0.6 is 0 Å². The Balaban J connectivity index is 1.72. The minimum atomic E-state index is -0.478. The molecule has 0 spiro atoms. The van der Waals surface area contributed by atoms with Crippen LogP contribution in [0.5, 0.6) is 0 Å². The van der Waals surface area contributed by atoms with Crippen molar-refractivity contribution in [2.75, 3.05) is 12.1 Å². The van der Waals surface area contributed by atoms with Gasteiger partial charge in [0.25, 0.3) is 11.8 Å². The number of aryl methyl sites for hydroxylation is 2. The van der Waals surface area contributed by atoms with Gasteiger partial charge >= 0.3 is 5.97 Å². The van der Waals surface area contributed by atoms with Crippen LogP contribution in [0, 0.1) is 13.8 Å². The first-order chi connectivity index (χ1) is 14.7. The Morgan fingerprint density at radius 3 is 2.19 bits per heavy atom. The average Bonchev–Trinajstić information content (AvgIpc) is 3.07. The molecule has 0 atom stereocenters. The van der Waals surface area contributed by atoms with Gasteiger partial charge in [-0.15, -0.1) is 0 Å². The second-order valence-electron chi connectivity index (χ2n) is 7.22. The largest absolute Gasteiger partial charge is 0.465 e. The zero-order valence-corrected chi connectivity index (χ0v) is 18.1. The van der Waals surface area contributed by atoms with Gasteiger partial charge in [-0.2, -0.15) is 10.1 Å². The smallest absolute Gasteiger partial charge is 0.337 e. The zero-order valence-electron chi connectivity index (χ0n) is 18.1. The van der Waals surface area contributed by atoms with Crippen LogP contribution in [-0.2, 0) is 9.53 Å². The van der Waals surface area contributed by atoms with Crippen molar-refractivity contribution in [3.05, 3.63) is 76.0 Å². The van der Waals surface area contributed by atoms with Crippen molar-refractivity contribution >= 4 is 29.2 Å². The number of hydrogen-bond acceptors (Lipinski definition) is 6. The summed E-state index contributed by atoms with van der Waals surface area (Å²) < 4.78 is 4.64. The number of hydrogen-bond donors (Lipinski definition) is 2. The Bertz CT molecular complexity index is 1120. The molecule has 1 aliphatic heterocycles. The van der Waals surface area contributed by atoms with E-state index in [9.17, 15) is 14.4 Å². The van der Waals surface area contributed by atoms with E-state index >= 15 is 0 Å². The summed E-state index contributed by atoms with van der Waals surface area (Å²) in [6.45, 7) is 7.42. The van der Waals surface area contributed by atoms with Crippen LogP contribution in [0.4, 0.5) is 5.69 Å². The number of nitrogens with zero attached hydrogens (tertiary/aromatic N) is 2. The third-order valence-electron chi connectivity index (χ3n) is 5.06. The van der Waals surface area contributed by atoms with Crippen LogP contribution in [0.3, 0.4) is 0 Å². The first kappa shape index (κ1) is 21.8. The van der Waals surface area contributed by atoms with Crippen molar-refractivity contribution in [2.24, 2.45) is 5.10 Å². The lowest BCUT2D eigenvalue weighted by atomic mass is 10.1. The molecule has 0 aliphatic carbocycles. The molecule has 0 radical (unpaired) electrons.